The van der Waals surface area contributed by atoms with Crippen LogP contribution in [0.3, 0.4) is 0 Å². The Bertz CT molecular complexity index is 1020. The number of amides is 1. The first kappa shape index (κ1) is 17.6. The molecule has 142 valence electrons. The number of carbonyl (C=O) groups excluding carboxylic acids is 1. The highest BCUT2D eigenvalue weighted by Gasteiger charge is 2.28. The van der Waals surface area contributed by atoms with Gasteiger partial charge in [-0.15, -0.1) is 0 Å². The number of benzene rings is 2. The van der Waals surface area contributed by atoms with Gasteiger partial charge in [-0.2, -0.15) is 0 Å². The van der Waals surface area contributed by atoms with Gasteiger partial charge in [0.1, 0.15) is 12.4 Å². The molecule has 8 nitrogen and oxygen atoms in total. The van der Waals surface area contributed by atoms with Crippen molar-refractivity contribution in [2.45, 2.75) is 6.10 Å². The summed E-state index contributed by atoms with van der Waals surface area (Å²) in [4.78, 5) is 20.7. The van der Waals surface area contributed by atoms with E-state index in [1.54, 1.807) is 36.5 Å². The minimum Gasteiger partial charge on any atom is -0.495 e. The number of methoxy groups -OCH3 is 1. The van der Waals surface area contributed by atoms with E-state index in [9.17, 15) is 4.79 Å². The molecule has 3 aromatic rings. The molecule has 0 radical (unpaired) electrons. The van der Waals surface area contributed by atoms with E-state index >= 15 is 0 Å². The van der Waals surface area contributed by atoms with E-state index in [4.69, 9.17) is 19.9 Å². The summed E-state index contributed by atoms with van der Waals surface area (Å²) in [6.45, 7) is 0.128. The molecule has 2 heterocycles. The smallest absolute Gasteiger partial charge is 0.269 e. The molecule has 0 spiro atoms. The Morgan fingerprint density at radius 1 is 1.21 bits per heavy atom. The molecule has 1 aliphatic rings. The van der Waals surface area contributed by atoms with Crippen LogP contribution in [0.25, 0.3) is 11.3 Å². The molecule has 0 aliphatic carbocycles. The lowest BCUT2D eigenvalue weighted by molar-refractivity contribution is -0.125. The van der Waals surface area contributed by atoms with Crippen molar-refractivity contribution in [2.75, 3.05) is 24.8 Å². The average molecular weight is 378 g/mol. The molecule has 1 atom stereocenters. The maximum Gasteiger partial charge on any atom is 0.269 e. The molecule has 0 bridgehead atoms. The second-order valence-electron chi connectivity index (χ2n) is 6.07. The summed E-state index contributed by atoms with van der Waals surface area (Å²) in [5.41, 5.74) is 7.60. The Labute approximate surface area is 161 Å². The van der Waals surface area contributed by atoms with Crippen LogP contribution < -0.4 is 25.3 Å². The SMILES string of the molecule is COc1cc(-c2ccnc(N)n2)ccc1NC(=O)[C@@H]1COc2ccccc2O1. The van der Waals surface area contributed by atoms with Crippen LogP contribution in [0.4, 0.5) is 11.6 Å². The third-order valence-electron chi connectivity index (χ3n) is 4.23. The van der Waals surface area contributed by atoms with Crippen molar-refractivity contribution in [2.24, 2.45) is 0 Å². The minimum atomic E-state index is -0.763. The van der Waals surface area contributed by atoms with Crippen LogP contribution >= 0.6 is 0 Å². The van der Waals surface area contributed by atoms with E-state index in [0.29, 0.717) is 28.6 Å². The Hall–Kier alpha value is -3.81. The number of fused-ring (bicyclic) bond motifs is 1. The van der Waals surface area contributed by atoms with E-state index in [-0.39, 0.29) is 18.5 Å². The molecule has 0 unspecified atom stereocenters. The predicted octanol–water partition coefficient (Wildman–Crippen LogP) is 2.51. The molecular formula is C20H18N4O4. The summed E-state index contributed by atoms with van der Waals surface area (Å²) in [5.74, 6) is 1.51. The molecular weight excluding hydrogens is 360 g/mol. The lowest BCUT2D eigenvalue weighted by Crippen LogP contribution is -2.40. The maximum absolute atomic E-state index is 12.6. The third-order valence-corrected chi connectivity index (χ3v) is 4.23. The molecule has 0 fully saturated rings. The first-order valence-electron chi connectivity index (χ1n) is 8.60. The highest BCUT2D eigenvalue weighted by atomic mass is 16.6. The average Bonchev–Trinajstić information content (AvgIpc) is 2.73. The van der Waals surface area contributed by atoms with E-state index in [0.717, 1.165) is 5.56 Å². The van der Waals surface area contributed by atoms with Gasteiger partial charge < -0.3 is 25.3 Å². The fourth-order valence-corrected chi connectivity index (χ4v) is 2.85. The van der Waals surface area contributed by atoms with Crippen molar-refractivity contribution in [3.63, 3.8) is 0 Å². The van der Waals surface area contributed by atoms with E-state index in [2.05, 4.69) is 15.3 Å². The van der Waals surface area contributed by atoms with Gasteiger partial charge in [0.2, 0.25) is 12.1 Å². The van der Waals surface area contributed by atoms with Gasteiger partial charge in [0.05, 0.1) is 18.5 Å². The van der Waals surface area contributed by atoms with Crippen molar-refractivity contribution in [1.82, 2.24) is 9.97 Å². The lowest BCUT2D eigenvalue weighted by Gasteiger charge is -2.25. The molecule has 1 amide bonds. The van der Waals surface area contributed by atoms with Crippen molar-refractivity contribution in [1.29, 1.82) is 0 Å². The molecule has 3 N–H and O–H groups in total. The number of nitrogens with one attached hydrogen (secondary N) is 1. The molecule has 1 aromatic heterocycles. The number of ether oxygens (including phenoxy) is 3. The number of nitrogens with two attached hydrogens (primary N) is 1. The zero-order chi connectivity index (χ0) is 19.5. The fraction of sp³-hybridized carbons (Fsp3) is 0.150. The predicted molar refractivity (Wildman–Crippen MR) is 103 cm³/mol. The van der Waals surface area contributed by atoms with Crippen LogP contribution in [-0.4, -0.2) is 35.7 Å². The largest absolute Gasteiger partial charge is 0.495 e. The molecule has 2 aromatic carbocycles. The minimum absolute atomic E-state index is 0.128. The monoisotopic (exact) mass is 378 g/mol. The molecule has 0 saturated carbocycles. The highest BCUT2D eigenvalue weighted by molar-refractivity contribution is 5.96. The van der Waals surface area contributed by atoms with Gasteiger partial charge >= 0.3 is 0 Å². The first-order valence-corrected chi connectivity index (χ1v) is 8.60. The molecule has 1 aliphatic heterocycles. The second-order valence-corrected chi connectivity index (χ2v) is 6.07. The van der Waals surface area contributed by atoms with E-state index < -0.39 is 6.10 Å². The quantitative estimate of drug-likeness (QED) is 0.718. The van der Waals surface area contributed by atoms with Crippen LogP contribution in [0, 0.1) is 0 Å². The van der Waals surface area contributed by atoms with E-state index in [1.165, 1.54) is 7.11 Å². The number of carbonyl (C=O) groups is 1. The molecule has 28 heavy (non-hydrogen) atoms. The standard InChI is InChI=1S/C20H18N4O4/c1-26-17-10-12(13-8-9-22-20(21)24-13)6-7-14(17)23-19(25)18-11-27-15-4-2-3-5-16(15)28-18/h2-10,18H,11H2,1H3,(H,23,25)(H2,21,22,24)/t18-/m0/s1. The lowest BCUT2D eigenvalue weighted by atomic mass is 10.1. The molecule has 4 rings (SSSR count). The number of anilines is 2. The normalized spacial score (nSPS) is 15.0. The zero-order valence-electron chi connectivity index (χ0n) is 15.1. The Morgan fingerprint density at radius 3 is 2.82 bits per heavy atom. The number of nitrogen functional groups attached to an aromatic ring is 1. The van der Waals surface area contributed by atoms with Crippen molar-refractivity contribution >= 4 is 17.5 Å². The maximum atomic E-state index is 12.6. The summed E-state index contributed by atoms with van der Waals surface area (Å²) in [7, 11) is 1.53. The number of para-hydroxylation sites is 2. The summed E-state index contributed by atoms with van der Waals surface area (Å²) in [5, 5.41) is 2.83. The summed E-state index contributed by atoms with van der Waals surface area (Å²) >= 11 is 0. The topological polar surface area (TPSA) is 109 Å². The third kappa shape index (κ3) is 3.52. The zero-order valence-corrected chi connectivity index (χ0v) is 15.1. The van der Waals surface area contributed by atoms with Gasteiger partial charge in [-0.25, -0.2) is 9.97 Å². The van der Waals surface area contributed by atoms with Gasteiger partial charge in [-0.05, 0) is 30.3 Å². The van der Waals surface area contributed by atoms with Crippen LogP contribution in [0.5, 0.6) is 17.2 Å². The van der Waals surface area contributed by atoms with Gasteiger partial charge in [0, 0.05) is 11.8 Å². The summed E-state index contributed by atoms with van der Waals surface area (Å²) < 4.78 is 16.8. The van der Waals surface area contributed by atoms with E-state index in [1.807, 2.05) is 18.2 Å². The number of aromatic nitrogens is 2. The summed E-state index contributed by atoms with van der Waals surface area (Å²) in [6.07, 6.45) is 0.818. The fourth-order valence-electron chi connectivity index (χ4n) is 2.85. The number of rotatable bonds is 4. The number of nitrogens with zero attached hydrogens (tertiary/aromatic N) is 2. The number of hydrogen-bond acceptors (Lipinski definition) is 7. The summed E-state index contributed by atoms with van der Waals surface area (Å²) in [6, 6.07) is 14.3. The van der Waals surface area contributed by atoms with Gasteiger partial charge in [0.25, 0.3) is 5.91 Å². The molecule has 0 saturated heterocycles. The van der Waals surface area contributed by atoms with Crippen LogP contribution in [0.15, 0.2) is 54.7 Å². The Morgan fingerprint density at radius 2 is 2.04 bits per heavy atom. The van der Waals surface area contributed by atoms with Gasteiger partial charge in [-0.1, -0.05) is 18.2 Å². The van der Waals surface area contributed by atoms with Crippen LogP contribution in [-0.2, 0) is 4.79 Å². The van der Waals surface area contributed by atoms with Crippen molar-refractivity contribution in [3.05, 3.63) is 54.7 Å². The van der Waals surface area contributed by atoms with Crippen LogP contribution in [0.1, 0.15) is 0 Å². The first-order chi connectivity index (χ1) is 13.6. The van der Waals surface area contributed by atoms with Crippen LogP contribution in [0.2, 0.25) is 0 Å². The van der Waals surface area contributed by atoms with Gasteiger partial charge in [0.15, 0.2) is 11.5 Å². The Kier molecular flexibility index (Phi) is 4.67. The second kappa shape index (κ2) is 7.43. The highest BCUT2D eigenvalue weighted by Crippen LogP contribution is 2.33. The van der Waals surface area contributed by atoms with Crippen molar-refractivity contribution < 1.29 is 19.0 Å². The van der Waals surface area contributed by atoms with Gasteiger partial charge in [-0.3, -0.25) is 4.79 Å². The van der Waals surface area contributed by atoms with Crippen molar-refractivity contribution in [3.8, 4) is 28.5 Å². The number of hydrogen-bond donors (Lipinski definition) is 2. The Balaban J connectivity index is 1.52. The molecule has 8 heteroatoms.